The van der Waals surface area contributed by atoms with Crippen molar-refractivity contribution in [1.29, 1.82) is 0 Å². The zero-order valence-electron chi connectivity index (χ0n) is 25.2. The second kappa shape index (κ2) is 13.7. The van der Waals surface area contributed by atoms with E-state index in [1.807, 2.05) is 110 Å². The lowest BCUT2D eigenvalue weighted by molar-refractivity contribution is -0.384. The van der Waals surface area contributed by atoms with Crippen LogP contribution >= 0.6 is 11.6 Å². The van der Waals surface area contributed by atoms with Gasteiger partial charge in [-0.05, 0) is 59.5 Å². The Labute approximate surface area is 272 Å². The van der Waals surface area contributed by atoms with Crippen LogP contribution in [-0.4, -0.2) is 22.3 Å². The molecule has 0 radical (unpaired) electrons. The molecule has 9 heteroatoms. The molecule has 0 saturated carbocycles. The van der Waals surface area contributed by atoms with E-state index in [9.17, 15) is 14.9 Å². The van der Waals surface area contributed by atoms with Gasteiger partial charge in [0.15, 0.2) is 11.5 Å². The number of benzene rings is 5. The van der Waals surface area contributed by atoms with Gasteiger partial charge in [-0.25, -0.2) is 0 Å². The standard InChI is InChI=1S/C37H32ClN3O5/c1-2-45-35-21-29(16-19-34(35)46-25-28-14-9-15-30(38)20-28)36-39(23-26-10-5-3-6-11-26)33-18-17-31(41(43)44)22-32(33)37(42)40(36)24-27-12-7-4-8-13-27/h3-22,36H,2,23-25H2,1H3/t36-/m1/s1. The fraction of sp³-hybridized carbons (Fsp3) is 0.162. The summed E-state index contributed by atoms with van der Waals surface area (Å²) in [6, 6.07) is 37.4. The number of nitro groups is 1. The van der Waals surface area contributed by atoms with Crippen LogP contribution in [0.4, 0.5) is 11.4 Å². The van der Waals surface area contributed by atoms with Crippen LogP contribution in [0.2, 0.25) is 5.02 Å². The minimum absolute atomic E-state index is 0.135. The summed E-state index contributed by atoms with van der Waals surface area (Å²) in [7, 11) is 0. The van der Waals surface area contributed by atoms with Gasteiger partial charge >= 0.3 is 0 Å². The average molecular weight is 634 g/mol. The maximum absolute atomic E-state index is 14.4. The molecular formula is C37H32ClN3O5. The Kier molecular flexibility index (Phi) is 9.17. The highest BCUT2D eigenvalue weighted by atomic mass is 35.5. The van der Waals surface area contributed by atoms with E-state index in [4.69, 9.17) is 21.1 Å². The third-order valence-corrected chi connectivity index (χ3v) is 8.06. The molecule has 5 aromatic carbocycles. The number of carbonyl (C=O) groups is 1. The van der Waals surface area contributed by atoms with E-state index in [1.54, 1.807) is 11.0 Å². The van der Waals surface area contributed by atoms with Crippen molar-refractivity contribution in [3.05, 3.63) is 164 Å². The van der Waals surface area contributed by atoms with Crippen molar-refractivity contribution in [2.45, 2.75) is 32.8 Å². The third kappa shape index (κ3) is 6.67. The van der Waals surface area contributed by atoms with Crippen LogP contribution in [0.15, 0.2) is 121 Å². The lowest BCUT2D eigenvalue weighted by Gasteiger charge is -2.46. The Morgan fingerprint density at radius 2 is 1.41 bits per heavy atom. The van der Waals surface area contributed by atoms with Crippen LogP contribution in [0.1, 0.15) is 45.7 Å². The van der Waals surface area contributed by atoms with Crippen LogP contribution in [0, 0.1) is 10.1 Å². The summed E-state index contributed by atoms with van der Waals surface area (Å²) >= 11 is 6.18. The summed E-state index contributed by atoms with van der Waals surface area (Å²) in [5.41, 5.74) is 4.45. The van der Waals surface area contributed by atoms with Crippen molar-refractivity contribution in [1.82, 2.24) is 4.90 Å². The van der Waals surface area contributed by atoms with Gasteiger partial charge in [0.25, 0.3) is 11.6 Å². The summed E-state index contributed by atoms with van der Waals surface area (Å²) in [4.78, 5) is 29.5. The predicted octanol–water partition coefficient (Wildman–Crippen LogP) is 8.59. The number of anilines is 1. The number of fused-ring (bicyclic) bond motifs is 1. The zero-order valence-corrected chi connectivity index (χ0v) is 26.0. The normalized spacial score (nSPS) is 14.1. The van der Waals surface area contributed by atoms with E-state index < -0.39 is 11.1 Å². The molecule has 0 bridgehead atoms. The zero-order chi connectivity index (χ0) is 32.0. The van der Waals surface area contributed by atoms with Crippen LogP contribution < -0.4 is 14.4 Å². The number of hydrogen-bond acceptors (Lipinski definition) is 6. The SMILES string of the molecule is CCOc1cc([C@H]2N(Cc3ccccc3)C(=O)c3cc([N+](=O)[O-])ccc3N2Cc2ccccc2)ccc1OCc1cccc(Cl)c1. The van der Waals surface area contributed by atoms with Gasteiger partial charge in [-0.2, -0.15) is 0 Å². The Bertz CT molecular complexity index is 1850. The summed E-state index contributed by atoms with van der Waals surface area (Å²) in [5, 5.41) is 12.4. The van der Waals surface area contributed by atoms with Crippen molar-refractivity contribution in [2.75, 3.05) is 11.5 Å². The number of amides is 1. The van der Waals surface area contributed by atoms with E-state index in [1.165, 1.54) is 12.1 Å². The van der Waals surface area contributed by atoms with Gasteiger partial charge in [-0.1, -0.05) is 90.5 Å². The number of carbonyl (C=O) groups excluding carboxylic acids is 1. The molecule has 1 amide bonds. The van der Waals surface area contributed by atoms with Gasteiger partial charge in [0.05, 0.1) is 22.8 Å². The summed E-state index contributed by atoms with van der Waals surface area (Å²) in [6.07, 6.45) is -0.567. The minimum atomic E-state index is -0.567. The first-order valence-corrected chi connectivity index (χ1v) is 15.4. The molecular weight excluding hydrogens is 602 g/mol. The average Bonchev–Trinajstić information content (AvgIpc) is 3.07. The Morgan fingerprint density at radius 3 is 2.07 bits per heavy atom. The van der Waals surface area contributed by atoms with Crippen molar-refractivity contribution in [3.8, 4) is 11.5 Å². The minimum Gasteiger partial charge on any atom is -0.490 e. The van der Waals surface area contributed by atoms with Crippen LogP contribution in [0.25, 0.3) is 0 Å². The quantitative estimate of drug-likeness (QED) is 0.107. The molecule has 0 aromatic heterocycles. The van der Waals surface area contributed by atoms with Crippen molar-refractivity contribution in [2.24, 2.45) is 0 Å². The number of rotatable bonds is 11. The fourth-order valence-electron chi connectivity index (χ4n) is 5.74. The second-order valence-electron chi connectivity index (χ2n) is 10.9. The first kappa shape index (κ1) is 30.7. The van der Waals surface area contributed by atoms with Crippen molar-refractivity contribution in [3.63, 3.8) is 0 Å². The molecule has 0 spiro atoms. The molecule has 5 aromatic rings. The van der Waals surface area contributed by atoms with Crippen LogP contribution in [0.3, 0.4) is 0 Å². The molecule has 0 fully saturated rings. The molecule has 1 aliphatic rings. The number of hydrogen-bond donors (Lipinski definition) is 0. The molecule has 8 nitrogen and oxygen atoms in total. The van der Waals surface area contributed by atoms with E-state index in [2.05, 4.69) is 4.90 Å². The molecule has 0 aliphatic carbocycles. The Hall–Kier alpha value is -5.34. The highest BCUT2D eigenvalue weighted by molar-refractivity contribution is 6.30. The second-order valence-corrected chi connectivity index (χ2v) is 11.4. The number of nitro benzene ring substituents is 1. The first-order valence-electron chi connectivity index (χ1n) is 15.0. The maximum Gasteiger partial charge on any atom is 0.270 e. The van der Waals surface area contributed by atoms with E-state index in [-0.39, 0.29) is 23.7 Å². The molecule has 1 heterocycles. The molecule has 0 saturated heterocycles. The Morgan fingerprint density at radius 1 is 0.739 bits per heavy atom. The summed E-state index contributed by atoms with van der Waals surface area (Å²) < 4.78 is 12.3. The van der Waals surface area contributed by atoms with Gasteiger partial charge in [-0.3, -0.25) is 14.9 Å². The molecule has 0 N–H and O–H groups in total. The van der Waals surface area contributed by atoms with Gasteiger partial charge in [0.2, 0.25) is 0 Å². The predicted molar refractivity (Wildman–Crippen MR) is 178 cm³/mol. The van der Waals surface area contributed by atoms with Gasteiger partial charge in [0.1, 0.15) is 12.8 Å². The summed E-state index contributed by atoms with van der Waals surface area (Å²) in [6.45, 7) is 3.35. The number of nitrogens with zero attached hydrogens (tertiary/aromatic N) is 3. The highest BCUT2D eigenvalue weighted by Gasteiger charge is 2.40. The maximum atomic E-state index is 14.4. The van der Waals surface area contributed by atoms with Crippen molar-refractivity contribution < 1.29 is 19.2 Å². The number of ether oxygens (including phenoxy) is 2. The highest BCUT2D eigenvalue weighted by Crippen LogP contribution is 2.44. The molecule has 6 rings (SSSR count). The molecule has 1 atom stereocenters. The number of halogens is 1. The van der Waals surface area contributed by atoms with E-state index in [0.29, 0.717) is 42.0 Å². The van der Waals surface area contributed by atoms with Crippen LogP contribution in [-0.2, 0) is 19.7 Å². The van der Waals surface area contributed by atoms with Gasteiger partial charge in [-0.15, -0.1) is 0 Å². The largest absolute Gasteiger partial charge is 0.490 e. The monoisotopic (exact) mass is 633 g/mol. The lowest BCUT2D eigenvalue weighted by atomic mass is 9.98. The topological polar surface area (TPSA) is 85.1 Å². The van der Waals surface area contributed by atoms with Crippen molar-refractivity contribution >= 4 is 28.9 Å². The van der Waals surface area contributed by atoms with Gasteiger partial charge < -0.3 is 19.3 Å². The number of non-ortho nitro benzene ring substituents is 1. The smallest absolute Gasteiger partial charge is 0.270 e. The molecule has 0 unspecified atom stereocenters. The van der Waals surface area contributed by atoms with E-state index >= 15 is 0 Å². The Balaban J connectivity index is 1.47. The van der Waals surface area contributed by atoms with Gasteiger partial charge in [0, 0.05) is 30.2 Å². The fourth-order valence-corrected chi connectivity index (χ4v) is 5.95. The van der Waals surface area contributed by atoms with Crippen LogP contribution in [0.5, 0.6) is 11.5 Å². The third-order valence-electron chi connectivity index (χ3n) is 7.82. The molecule has 1 aliphatic heterocycles. The summed E-state index contributed by atoms with van der Waals surface area (Å²) in [5.74, 6) is 0.812. The molecule has 232 valence electrons. The van der Waals surface area contributed by atoms with E-state index in [0.717, 1.165) is 22.3 Å². The first-order chi connectivity index (χ1) is 22.4. The molecule has 46 heavy (non-hydrogen) atoms. The lowest BCUT2D eigenvalue weighted by Crippen LogP contribution is -2.48.